The van der Waals surface area contributed by atoms with Crippen molar-refractivity contribution >= 4 is 16.0 Å². The van der Waals surface area contributed by atoms with E-state index in [2.05, 4.69) is 4.72 Å². The van der Waals surface area contributed by atoms with Crippen molar-refractivity contribution in [1.82, 2.24) is 4.72 Å². The van der Waals surface area contributed by atoms with Crippen molar-refractivity contribution in [3.63, 3.8) is 0 Å². The Kier molecular flexibility index (Phi) is 3.75. The maximum Gasteiger partial charge on any atom is 0.324 e. The van der Waals surface area contributed by atoms with Crippen LogP contribution in [0.15, 0.2) is 23.1 Å². The molecule has 0 atom stereocenters. The molecule has 7 heteroatoms. The van der Waals surface area contributed by atoms with Crippen molar-refractivity contribution in [1.29, 1.82) is 0 Å². The van der Waals surface area contributed by atoms with Gasteiger partial charge in [0.1, 0.15) is 11.3 Å². The van der Waals surface area contributed by atoms with E-state index in [1.165, 1.54) is 19.2 Å². The zero-order valence-corrected chi connectivity index (χ0v) is 12.2. The lowest BCUT2D eigenvalue weighted by atomic mass is 9.78. The van der Waals surface area contributed by atoms with Gasteiger partial charge in [-0.3, -0.25) is 4.79 Å². The molecule has 0 bridgehead atoms. The van der Waals surface area contributed by atoms with Crippen molar-refractivity contribution in [2.45, 2.75) is 36.6 Å². The minimum absolute atomic E-state index is 0.0447. The monoisotopic (exact) mass is 299 g/mol. The number of carbonyl (C=O) groups is 1. The summed E-state index contributed by atoms with van der Waals surface area (Å²) in [5.41, 5.74) is -0.680. The highest BCUT2D eigenvalue weighted by molar-refractivity contribution is 7.89. The second kappa shape index (κ2) is 5.06. The summed E-state index contributed by atoms with van der Waals surface area (Å²) in [5, 5.41) is 9.18. The van der Waals surface area contributed by atoms with Gasteiger partial charge in [-0.05, 0) is 49.9 Å². The number of ether oxygens (including phenoxy) is 1. The standard InChI is InChI=1S/C13H17NO5S/c1-9-8-10(4-5-11(9)19-2)20(17,18)14-13(12(15)16)6-3-7-13/h4-5,8,14H,3,6-7H2,1-2H3,(H,15,16). The van der Waals surface area contributed by atoms with E-state index in [1.807, 2.05) is 0 Å². The molecular formula is C13H17NO5S. The number of aliphatic carboxylic acids is 1. The van der Waals surface area contributed by atoms with Gasteiger partial charge >= 0.3 is 5.97 Å². The van der Waals surface area contributed by atoms with Crippen molar-refractivity contribution in [3.8, 4) is 5.75 Å². The molecule has 20 heavy (non-hydrogen) atoms. The molecule has 0 amide bonds. The number of rotatable bonds is 5. The number of nitrogens with one attached hydrogen (secondary N) is 1. The minimum atomic E-state index is -3.86. The van der Waals surface area contributed by atoms with Crippen molar-refractivity contribution in [3.05, 3.63) is 23.8 Å². The molecule has 0 aliphatic heterocycles. The van der Waals surface area contributed by atoms with Gasteiger partial charge in [-0.1, -0.05) is 0 Å². The zero-order valence-electron chi connectivity index (χ0n) is 11.3. The van der Waals surface area contributed by atoms with Crippen molar-refractivity contribution in [2.75, 3.05) is 7.11 Å². The molecule has 0 radical (unpaired) electrons. The molecule has 1 aromatic rings. The highest BCUT2D eigenvalue weighted by Crippen LogP contribution is 2.34. The van der Waals surface area contributed by atoms with Crippen molar-refractivity contribution < 1.29 is 23.1 Å². The van der Waals surface area contributed by atoms with Crippen LogP contribution < -0.4 is 9.46 Å². The quantitative estimate of drug-likeness (QED) is 0.854. The Morgan fingerprint density at radius 3 is 2.45 bits per heavy atom. The fourth-order valence-corrected chi connectivity index (χ4v) is 3.73. The Labute approximate surface area is 117 Å². The smallest absolute Gasteiger partial charge is 0.324 e. The summed E-state index contributed by atoms with van der Waals surface area (Å²) in [6.45, 7) is 1.73. The van der Waals surface area contributed by atoms with Gasteiger partial charge in [0, 0.05) is 0 Å². The molecule has 2 N–H and O–H groups in total. The summed E-state index contributed by atoms with van der Waals surface area (Å²) >= 11 is 0. The van der Waals surface area contributed by atoms with Crippen LogP contribution in [0.4, 0.5) is 0 Å². The molecule has 6 nitrogen and oxygen atoms in total. The lowest BCUT2D eigenvalue weighted by molar-refractivity contribution is -0.147. The average molecular weight is 299 g/mol. The first-order valence-electron chi connectivity index (χ1n) is 6.23. The summed E-state index contributed by atoms with van der Waals surface area (Å²) in [4.78, 5) is 11.3. The van der Waals surface area contributed by atoms with Crippen LogP contribution in [-0.2, 0) is 14.8 Å². The van der Waals surface area contributed by atoms with Gasteiger partial charge in [-0.15, -0.1) is 0 Å². The van der Waals surface area contributed by atoms with Crippen LogP contribution in [-0.4, -0.2) is 32.1 Å². The molecule has 1 aliphatic carbocycles. The van der Waals surface area contributed by atoms with Crippen LogP contribution in [0, 0.1) is 6.92 Å². The third-order valence-corrected chi connectivity index (χ3v) is 5.16. The highest BCUT2D eigenvalue weighted by Gasteiger charge is 2.47. The summed E-state index contributed by atoms with van der Waals surface area (Å²) in [5.74, 6) is -0.543. The molecule has 0 heterocycles. The molecule has 0 saturated heterocycles. The predicted octanol–water partition coefficient (Wildman–Crippen LogP) is 1.29. The Morgan fingerprint density at radius 1 is 1.40 bits per heavy atom. The second-order valence-corrected chi connectivity index (χ2v) is 6.66. The number of benzene rings is 1. The maximum absolute atomic E-state index is 12.3. The van der Waals surface area contributed by atoms with E-state index >= 15 is 0 Å². The predicted molar refractivity (Wildman–Crippen MR) is 72.3 cm³/mol. The van der Waals surface area contributed by atoms with Crippen LogP contribution >= 0.6 is 0 Å². The van der Waals surface area contributed by atoms with Gasteiger partial charge in [0.15, 0.2) is 0 Å². The first-order valence-corrected chi connectivity index (χ1v) is 7.71. The molecule has 1 fully saturated rings. The average Bonchev–Trinajstić information content (AvgIpc) is 2.33. The van der Waals surface area contributed by atoms with Crippen molar-refractivity contribution in [2.24, 2.45) is 0 Å². The van der Waals surface area contributed by atoms with Gasteiger partial charge in [0.05, 0.1) is 12.0 Å². The van der Waals surface area contributed by atoms with Gasteiger partial charge in [0.2, 0.25) is 10.0 Å². The molecule has 110 valence electrons. The van der Waals surface area contributed by atoms with E-state index in [9.17, 15) is 18.3 Å². The summed E-state index contributed by atoms with van der Waals surface area (Å²) in [6.07, 6.45) is 1.34. The second-order valence-electron chi connectivity index (χ2n) is 4.98. The fraction of sp³-hybridized carbons (Fsp3) is 0.462. The maximum atomic E-state index is 12.3. The number of methoxy groups -OCH3 is 1. The van der Waals surface area contributed by atoms with Crippen LogP contribution in [0.25, 0.3) is 0 Å². The Balaban J connectivity index is 2.31. The molecule has 2 rings (SSSR count). The number of hydrogen-bond donors (Lipinski definition) is 2. The van der Waals surface area contributed by atoms with E-state index < -0.39 is 21.5 Å². The summed E-state index contributed by atoms with van der Waals surface area (Å²) in [6, 6.07) is 4.43. The lowest BCUT2D eigenvalue weighted by Crippen LogP contribution is -2.58. The molecule has 1 aliphatic rings. The SMILES string of the molecule is COc1ccc(S(=O)(=O)NC2(C(=O)O)CCC2)cc1C. The molecule has 0 spiro atoms. The molecule has 0 unspecified atom stereocenters. The largest absolute Gasteiger partial charge is 0.496 e. The summed E-state index contributed by atoms with van der Waals surface area (Å²) < 4.78 is 32.0. The number of hydrogen-bond acceptors (Lipinski definition) is 4. The topological polar surface area (TPSA) is 92.7 Å². The third-order valence-electron chi connectivity index (χ3n) is 3.62. The van der Waals surface area contributed by atoms with Gasteiger partial charge < -0.3 is 9.84 Å². The Morgan fingerprint density at radius 2 is 2.05 bits per heavy atom. The van der Waals surface area contributed by atoms with E-state index in [0.717, 1.165) is 0 Å². The first-order chi connectivity index (χ1) is 9.31. The summed E-state index contributed by atoms with van der Waals surface area (Å²) in [7, 11) is -2.36. The van der Waals surface area contributed by atoms with E-state index in [1.54, 1.807) is 13.0 Å². The molecular weight excluding hydrogens is 282 g/mol. The number of carboxylic acids is 1. The normalized spacial score (nSPS) is 17.3. The lowest BCUT2D eigenvalue weighted by Gasteiger charge is -2.37. The van der Waals surface area contributed by atoms with Crippen LogP contribution in [0.2, 0.25) is 0 Å². The molecule has 1 saturated carbocycles. The van der Waals surface area contributed by atoms with E-state index in [4.69, 9.17) is 4.74 Å². The van der Waals surface area contributed by atoms with Crippen LogP contribution in [0.1, 0.15) is 24.8 Å². The molecule has 1 aromatic carbocycles. The number of carboxylic acid groups (broad SMARTS) is 1. The highest BCUT2D eigenvalue weighted by atomic mass is 32.2. The minimum Gasteiger partial charge on any atom is -0.496 e. The fourth-order valence-electron chi connectivity index (χ4n) is 2.22. The van der Waals surface area contributed by atoms with Crippen LogP contribution in [0.3, 0.4) is 0 Å². The van der Waals surface area contributed by atoms with Gasteiger partial charge in [-0.2, -0.15) is 4.72 Å². The Hall–Kier alpha value is -1.60. The Bertz CT molecular complexity index is 634. The van der Waals surface area contributed by atoms with E-state index in [-0.39, 0.29) is 4.90 Å². The number of sulfonamides is 1. The molecule has 0 aromatic heterocycles. The third kappa shape index (κ3) is 2.51. The number of aryl methyl sites for hydroxylation is 1. The zero-order chi connectivity index (χ0) is 15.0. The van der Waals surface area contributed by atoms with E-state index in [0.29, 0.717) is 30.6 Å². The van der Waals surface area contributed by atoms with Gasteiger partial charge in [0.25, 0.3) is 0 Å². The van der Waals surface area contributed by atoms with Crippen LogP contribution in [0.5, 0.6) is 5.75 Å². The van der Waals surface area contributed by atoms with Gasteiger partial charge in [-0.25, -0.2) is 8.42 Å². The first kappa shape index (κ1) is 14.8.